The van der Waals surface area contributed by atoms with Gasteiger partial charge in [-0.1, -0.05) is 37.3 Å². The maximum Gasteiger partial charge on any atom is 0.259 e. The zero-order chi connectivity index (χ0) is 35.4. The largest absolute Gasteiger partial charge is 0.381 e. The number of H-pyrrole nitrogens is 1. The Bertz CT molecular complexity index is 2330. The van der Waals surface area contributed by atoms with Crippen molar-refractivity contribution in [3.05, 3.63) is 113 Å². The first-order chi connectivity index (χ1) is 25.4. The molecule has 2 N–H and O–H groups in total. The molecule has 0 radical (unpaired) electrons. The molecule has 0 atom stereocenters. The fourth-order valence-corrected chi connectivity index (χ4v) is 9.18. The van der Waals surface area contributed by atoms with Gasteiger partial charge in [-0.15, -0.1) is 11.3 Å². The van der Waals surface area contributed by atoms with Gasteiger partial charge in [0.05, 0.1) is 27.2 Å². The number of benzene rings is 3. The van der Waals surface area contributed by atoms with Crippen molar-refractivity contribution in [2.45, 2.75) is 39.5 Å². The normalized spacial score (nSPS) is 16.3. The van der Waals surface area contributed by atoms with Gasteiger partial charge in [-0.05, 0) is 97.8 Å². The van der Waals surface area contributed by atoms with Crippen LogP contribution in [-0.4, -0.2) is 59.6 Å². The number of nitrogens with one attached hydrogen (secondary N) is 2. The van der Waals surface area contributed by atoms with Crippen molar-refractivity contribution in [3.63, 3.8) is 0 Å². The molecule has 0 bridgehead atoms. The van der Waals surface area contributed by atoms with E-state index in [1.54, 1.807) is 35.6 Å². The topological polar surface area (TPSA) is 103 Å². The number of nitrogens with zero attached hydrogens (tertiary/aromatic N) is 4. The molecular weight excluding hydrogens is 669 g/mol. The Balaban J connectivity index is 0.928. The monoisotopic (exact) mass is 708 g/mol. The highest BCUT2D eigenvalue weighted by atomic mass is 32.1. The first-order valence-corrected chi connectivity index (χ1v) is 18.9. The van der Waals surface area contributed by atoms with E-state index in [2.05, 4.69) is 57.4 Å². The SMILES string of the molecule is CCc1cccc2nc(-c3cc4c(s3)-c3ccccc3N(C(=O)c3ccc(NC(=O)c5cc(C)cnc5N5CC6(CCOCC6)C5)cc3)CC4)[nH]c12. The molecule has 2 amide bonds. The van der Waals surface area contributed by atoms with E-state index in [1.807, 2.05) is 42.3 Å². The lowest BCUT2D eigenvalue weighted by Crippen LogP contribution is -2.59. The molecular formula is C42H40N6O3S. The molecule has 6 heterocycles. The van der Waals surface area contributed by atoms with Gasteiger partial charge in [0.2, 0.25) is 0 Å². The van der Waals surface area contributed by atoms with E-state index in [-0.39, 0.29) is 17.2 Å². The highest BCUT2D eigenvalue weighted by molar-refractivity contribution is 7.19. The van der Waals surface area contributed by atoms with Gasteiger partial charge in [-0.3, -0.25) is 9.59 Å². The number of imidazole rings is 1. The number of aromatic amines is 1. The number of anilines is 3. The quantitative estimate of drug-likeness (QED) is 0.181. The smallest absolute Gasteiger partial charge is 0.259 e. The minimum Gasteiger partial charge on any atom is -0.381 e. The molecule has 3 aliphatic heterocycles. The van der Waals surface area contributed by atoms with Crippen LogP contribution in [-0.2, 0) is 17.6 Å². The first kappa shape index (κ1) is 32.6. The second-order valence-corrected chi connectivity index (χ2v) is 15.4. The lowest BCUT2D eigenvalue weighted by atomic mass is 9.73. The second-order valence-electron chi connectivity index (χ2n) is 14.3. The average Bonchev–Trinajstić information content (AvgIpc) is 3.76. The van der Waals surface area contributed by atoms with Crippen LogP contribution in [0.4, 0.5) is 17.2 Å². The van der Waals surface area contributed by atoms with E-state index in [9.17, 15) is 9.59 Å². The molecule has 0 saturated carbocycles. The Morgan fingerprint density at radius 2 is 1.81 bits per heavy atom. The summed E-state index contributed by atoms with van der Waals surface area (Å²) in [5.74, 6) is 1.31. The summed E-state index contributed by atoms with van der Waals surface area (Å²) in [7, 11) is 0. The molecule has 52 heavy (non-hydrogen) atoms. The van der Waals surface area contributed by atoms with Crippen LogP contribution in [0.5, 0.6) is 0 Å². The van der Waals surface area contributed by atoms with Crippen LogP contribution in [0.2, 0.25) is 0 Å². The second kappa shape index (κ2) is 13.0. The lowest BCUT2D eigenvalue weighted by Gasteiger charge is -2.53. The van der Waals surface area contributed by atoms with Gasteiger partial charge in [-0.2, -0.15) is 0 Å². The molecule has 9 nitrogen and oxygen atoms in total. The summed E-state index contributed by atoms with van der Waals surface area (Å²) in [6.45, 7) is 8.03. The Hall–Kier alpha value is -5.32. The summed E-state index contributed by atoms with van der Waals surface area (Å²) in [6, 6.07) is 25.7. The van der Waals surface area contributed by atoms with E-state index >= 15 is 0 Å². The third-order valence-electron chi connectivity index (χ3n) is 10.9. The van der Waals surface area contributed by atoms with Crippen molar-refractivity contribution in [2.24, 2.45) is 5.41 Å². The molecule has 3 aliphatic rings. The number of thiophene rings is 1. The molecule has 6 aromatic rings. The number of fused-ring (bicyclic) bond motifs is 4. The highest BCUT2D eigenvalue weighted by Crippen LogP contribution is 2.45. The number of aryl methyl sites for hydroxylation is 2. The van der Waals surface area contributed by atoms with E-state index in [0.29, 0.717) is 23.4 Å². The van der Waals surface area contributed by atoms with Gasteiger partial charge >= 0.3 is 0 Å². The molecule has 2 fully saturated rings. The minimum atomic E-state index is -0.210. The molecule has 0 aliphatic carbocycles. The number of hydrogen-bond acceptors (Lipinski definition) is 7. The summed E-state index contributed by atoms with van der Waals surface area (Å²) < 4.78 is 5.58. The number of carbonyl (C=O) groups is 2. The summed E-state index contributed by atoms with van der Waals surface area (Å²) >= 11 is 1.72. The maximum atomic E-state index is 14.1. The van der Waals surface area contributed by atoms with Crippen LogP contribution in [0.25, 0.3) is 32.2 Å². The van der Waals surface area contributed by atoms with E-state index in [0.717, 1.165) is 96.4 Å². The molecule has 1 spiro atoms. The van der Waals surface area contributed by atoms with E-state index < -0.39 is 0 Å². The lowest BCUT2D eigenvalue weighted by molar-refractivity contribution is -0.000510. The standard InChI is InChI=1S/C42H40N6O3S/c1-3-27-7-6-9-33-36(27)46-38(45-33)35-22-29-15-18-48(34-10-5-4-8-31(34)37(29)52-35)41(50)28-11-13-30(14-12-28)44-40(49)32-21-26(2)23-43-39(32)47-24-42(25-47)16-19-51-20-17-42/h4-14,21-23H,3,15-20,24-25H2,1-2H3,(H,44,49)(H,45,46). The summed E-state index contributed by atoms with van der Waals surface area (Å²) in [5.41, 5.74) is 9.42. The minimum absolute atomic E-state index is 0.0740. The first-order valence-electron chi connectivity index (χ1n) is 18.1. The third-order valence-corrected chi connectivity index (χ3v) is 12.1. The number of ether oxygens (including phenoxy) is 1. The van der Waals surface area contributed by atoms with Crippen LogP contribution < -0.4 is 15.1 Å². The van der Waals surface area contributed by atoms with Crippen molar-refractivity contribution < 1.29 is 14.3 Å². The van der Waals surface area contributed by atoms with Crippen LogP contribution in [0.15, 0.2) is 85.1 Å². The highest BCUT2D eigenvalue weighted by Gasteiger charge is 2.45. The number of carbonyl (C=O) groups excluding carboxylic acids is 2. The Kier molecular flexibility index (Phi) is 8.16. The van der Waals surface area contributed by atoms with E-state index in [4.69, 9.17) is 9.72 Å². The number of rotatable bonds is 6. The maximum absolute atomic E-state index is 14.1. The molecule has 0 unspecified atom stereocenters. The summed E-state index contributed by atoms with van der Waals surface area (Å²) in [6.07, 6.45) is 5.58. The number of aromatic nitrogens is 3. The van der Waals surface area contributed by atoms with Gasteiger partial charge in [0, 0.05) is 66.2 Å². The Morgan fingerprint density at radius 3 is 2.62 bits per heavy atom. The van der Waals surface area contributed by atoms with Crippen LogP contribution >= 0.6 is 11.3 Å². The molecule has 3 aromatic heterocycles. The predicted molar refractivity (Wildman–Crippen MR) is 208 cm³/mol. The zero-order valence-electron chi connectivity index (χ0n) is 29.4. The van der Waals surface area contributed by atoms with E-state index in [1.165, 1.54) is 16.0 Å². The van der Waals surface area contributed by atoms with Gasteiger partial charge in [0.25, 0.3) is 11.8 Å². The summed E-state index contributed by atoms with van der Waals surface area (Å²) in [5, 5.41) is 3.06. The van der Waals surface area contributed by atoms with Crippen molar-refractivity contribution >= 4 is 51.4 Å². The average molecular weight is 709 g/mol. The molecule has 262 valence electrons. The number of amides is 2. The van der Waals surface area contributed by atoms with Gasteiger partial charge in [0.15, 0.2) is 0 Å². The van der Waals surface area contributed by atoms with Crippen molar-refractivity contribution in [2.75, 3.05) is 48.0 Å². The van der Waals surface area contributed by atoms with Crippen molar-refractivity contribution in [3.8, 4) is 21.1 Å². The Labute approximate surface area is 306 Å². The summed E-state index contributed by atoms with van der Waals surface area (Å²) in [4.78, 5) is 47.3. The third kappa shape index (κ3) is 5.76. The van der Waals surface area contributed by atoms with Gasteiger partial charge < -0.3 is 24.8 Å². The number of hydrogen-bond donors (Lipinski definition) is 2. The number of para-hydroxylation sites is 2. The van der Waals surface area contributed by atoms with Gasteiger partial charge in [0.1, 0.15) is 11.6 Å². The molecule has 10 heteroatoms. The van der Waals surface area contributed by atoms with Crippen LogP contribution in [0.3, 0.4) is 0 Å². The van der Waals surface area contributed by atoms with Gasteiger partial charge in [-0.25, -0.2) is 9.97 Å². The van der Waals surface area contributed by atoms with Crippen LogP contribution in [0, 0.1) is 12.3 Å². The fourth-order valence-electron chi connectivity index (χ4n) is 7.99. The fraction of sp³-hybridized carbons (Fsp3) is 0.286. The van der Waals surface area contributed by atoms with Crippen LogP contribution in [0.1, 0.15) is 57.2 Å². The molecule has 2 saturated heterocycles. The number of pyridine rings is 1. The zero-order valence-corrected chi connectivity index (χ0v) is 30.2. The van der Waals surface area contributed by atoms with Crippen molar-refractivity contribution in [1.29, 1.82) is 0 Å². The van der Waals surface area contributed by atoms with Crippen molar-refractivity contribution in [1.82, 2.24) is 15.0 Å². The Morgan fingerprint density at radius 1 is 1.00 bits per heavy atom. The predicted octanol–water partition coefficient (Wildman–Crippen LogP) is 8.30. The molecule has 3 aromatic carbocycles. The molecule has 9 rings (SSSR count).